The molecule has 1 aromatic carbocycles. The second-order valence-electron chi connectivity index (χ2n) is 7.56. The number of likely N-dealkylation sites (tertiary alicyclic amines) is 1. The molecular weight excluding hydrogens is 346 g/mol. The molecule has 1 aliphatic rings. The molecule has 2 N–H and O–H groups in total. The number of aryl methyl sites for hydroxylation is 1. The number of hydrogen-bond acceptors (Lipinski definition) is 3. The molecule has 0 saturated carbocycles. The Hall–Kier alpha value is -2.40. The van der Waals surface area contributed by atoms with Crippen molar-refractivity contribution in [2.45, 2.75) is 45.7 Å². The van der Waals surface area contributed by atoms with Gasteiger partial charge in [-0.25, -0.2) is 0 Å². The summed E-state index contributed by atoms with van der Waals surface area (Å²) >= 11 is 0. The van der Waals surface area contributed by atoms with E-state index in [1.165, 1.54) is 49.0 Å². The van der Waals surface area contributed by atoms with Crippen LogP contribution in [0, 0.1) is 6.92 Å². The second kappa shape index (κ2) is 10.8. The van der Waals surface area contributed by atoms with E-state index < -0.39 is 0 Å². The van der Waals surface area contributed by atoms with E-state index in [1.54, 1.807) is 0 Å². The third kappa shape index (κ3) is 6.64. The molecule has 0 spiro atoms. The highest BCUT2D eigenvalue weighted by Crippen LogP contribution is 2.13. The summed E-state index contributed by atoms with van der Waals surface area (Å²) in [6, 6.07) is 13.1. The van der Waals surface area contributed by atoms with Gasteiger partial charge in [-0.2, -0.15) is 0 Å². The molecular formula is C23H33N5. The van der Waals surface area contributed by atoms with E-state index in [-0.39, 0.29) is 0 Å². The molecule has 1 fully saturated rings. The molecule has 2 aromatic rings. The van der Waals surface area contributed by atoms with Gasteiger partial charge in [0.2, 0.25) is 0 Å². The van der Waals surface area contributed by atoms with Crippen molar-refractivity contribution in [1.82, 2.24) is 20.5 Å². The van der Waals surface area contributed by atoms with E-state index in [9.17, 15) is 0 Å². The molecule has 0 bridgehead atoms. The Balaban J connectivity index is 1.39. The molecule has 2 heterocycles. The molecule has 5 nitrogen and oxygen atoms in total. The molecule has 150 valence electrons. The highest BCUT2D eigenvalue weighted by Gasteiger charge is 2.10. The smallest absolute Gasteiger partial charge is 0.191 e. The van der Waals surface area contributed by atoms with E-state index in [4.69, 9.17) is 0 Å². The van der Waals surface area contributed by atoms with Gasteiger partial charge < -0.3 is 10.6 Å². The van der Waals surface area contributed by atoms with E-state index >= 15 is 0 Å². The predicted octanol–water partition coefficient (Wildman–Crippen LogP) is 3.28. The standard InChI is InChI=1S/C23H33N5/c1-19-6-7-21(16-26-19)12-13-25-23(24-2)27-17-20-8-10-22(11-9-20)18-28-14-4-3-5-15-28/h6-11,16H,3-5,12-15,17-18H2,1-2H3,(H2,24,25,27). The van der Waals surface area contributed by atoms with Crippen molar-refractivity contribution in [3.8, 4) is 0 Å². The highest BCUT2D eigenvalue weighted by molar-refractivity contribution is 5.79. The minimum absolute atomic E-state index is 0.774. The summed E-state index contributed by atoms with van der Waals surface area (Å²) in [5.41, 5.74) is 4.96. The molecule has 3 rings (SSSR count). The van der Waals surface area contributed by atoms with Crippen LogP contribution < -0.4 is 10.6 Å². The van der Waals surface area contributed by atoms with Crippen LogP contribution in [0.2, 0.25) is 0 Å². The Labute approximate surface area is 169 Å². The van der Waals surface area contributed by atoms with Gasteiger partial charge in [-0.05, 0) is 62.0 Å². The molecule has 1 aromatic heterocycles. The SMILES string of the molecule is CN=C(NCCc1ccc(C)nc1)NCc1ccc(CN2CCCCC2)cc1. The van der Waals surface area contributed by atoms with Crippen molar-refractivity contribution in [1.29, 1.82) is 0 Å². The maximum Gasteiger partial charge on any atom is 0.191 e. The van der Waals surface area contributed by atoms with Gasteiger partial charge >= 0.3 is 0 Å². The molecule has 0 radical (unpaired) electrons. The lowest BCUT2D eigenvalue weighted by Gasteiger charge is -2.26. The molecule has 1 saturated heterocycles. The van der Waals surface area contributed by atoms with Crippen molar-refractivity contribution < 1.29 is 0 Å². The first-order chi connectivity index (χ1) is 13.7. The zero-order valence-corrected chi connectivity index (χ0v) is 17.2. The molecule has 0 amide bonds. The van der Waals surface area contributed by atoms with E-state index in [1.807, 2.05) is 20.2 Å². The molecule has 0 unspecified atom stereocenters. The van der Waals surface area contributed by atoms with Crippen molar-refractivity contribution in [3.63, 3.8) is 0 Å². The minimum Gasteiger partial charge on any atom is -0.356 e. The van der Waals surface area contributed by atoms with Gasteiger partial charge in [0.1, 0.15) is 0 Å². The summed E-state index contributed by atoms with van der Waals surface area (Å²) < 4.78 is 0. The van der Waals surface area contributed by atoms with Crippen molar-refractivity contribution >= 4 is 5.96 Å². The molecule has 1 aliphatic heterocycles. The van der Waals surface area contributed by atoms with Crippen LogP contribution in [0.25, 0.3) is 0 Å². The van der Waals surface area contributed by atoms with Gasteiger partial charge in [0.05, 0.1) is 0 Å². The maximum absolute atomic E-state index is 4.34. The lowest BCUT2D eigenvalue weighted by atomic mass is 10.1. The van der Waals surface area contributed by atoms with Gasteiger partial charge in [-0.1, -0.05) is 36.8 Å². The quantitative estimate of drug-likeness (QED) is 0.573. The van der Waals surface area contributed by atoms with E-state index in [0.717, 1.165) is 37.7 Å². The summed E-state index contributed by atoms with van der Waals surface area (Å²) in [4.78, 5) is 11.2. The Morgan fingerprint density at radius 2 is 1.68 bits per heavy atom. The van der Waals surface area contributed by atoms with Gasteiger partial charge in [0.25, 0.3) is 0 Å². The summed E-state index contributed by atoms with van der Waals surface area (Å²) in [5.74, 6) is 0.831. The van der Waals surface area contributed by atoms with Crippen molar-refractivity contribution in [3.05, 3.63) is 65.0 Å². The second-order valence-corrected chi connectivity index (χ2v) is 7.56. The first-order valence-corrected chi connectivity index (χ1v) is 10.4. The summed E-state index contributed by atoms with van der Waals surface area (Å²) in [7, 11) is 1.81. The third-order valence-corrected chi connectivity index (χ3v) is 5.24. The van der Waals surface area contributed by atoms with Gasteiger partial charge in [-0.3, -0.25) is 14.9 Å². The Bertz CT molecular complexity index is 731. The highest BCUT2D eigenvalue weighted by atomic mass is 15.2. The topological polar surface area (TPSA) is 52.6 Å². The monoisotopic (exact) mass is 379 g/mol. The number of piperidine rings is 1. The zero-order valence-electron chi connectivity index (χ0n) is 17.2. The fourth-order valence-corrected chi connectivity index (χ4v) is 3.52. The summed E-state index contributed by atoms with van der Waals surface area (Å²) in [6.45, 7) is 7.17. The number of aromatic nitrogens is 1. The first-order valence-electron chi connectivity index (χ1n) is 10.4. The Kier molecular flexibility index (Phi) is 7.85. The average Bonchev–Trinajstić information content (AvgIpc) is 2.74. The van der Waals surface area contributed by atoms with Crippen LogP contribution in [0.1, 0.15) is 41.6 Å². The number of benzene rings is 1. The van der Waals surface area contributed by atoms with Gasteiger partial charge in [0.15, 0.2) is 5.96 Å². The molecule has 5 heteroatoms. The Morgan fingerprint density at radius 3 is 2.36 bits per heavy atom. The van der Waals surface area contributed by atoms with Crippen molar-refractivity contribution in [2.24, 2.45) is 4.99 Å². The number of aliphatic imine (C=N–C) groups is 1. The zero-order chi connectivity index (χ0) is 19.6. The van der Waals surface area contributed by atoms with Crippen LogP contribution in [-0.4, -0.2) is 42.5 Å². The van der Waals surface area contributed by atoms with Crippen LogP contribution in [0.5, 0.6) is 0 Å². The molecule has 0 aliphatic carbocycles. The van der Waals surface area contributed by atoms with E-state index in [2.05, 4.69) is 61.9 Å². The largest absolute Gasteiger partial charge is 0.356 e. The van der Waals surface area contributed by atoms with Crippen LogP contribution in [0.15, 0.2) is 47.6 Å². The number of pyridine rings is 1. The van der Waals surface area contributed by atoms with Crippen molar-refractivity contribution in [2.75, 3.05) is 26.7 Å². The Morgan fingerprint density at radius 1 is 0.964 bits per heavy atom. The number of nitrogens with one attached hydrogen (secondary N) is 2. The first kappa shape index (κ1) is 20.3. The average molecular weight is 380 g/mol. The van der Waals surface area contributed by atoms with Gasteiger partial charge in [0, 0.05) is 38.6 Å². The maximum atomic E-state index is 4.34. The van der Waals surface area contributed by atoms with Crippen LogP contribution in [0.4, 0.5) is 0 Å². The fourth-order valence-electron chi connectivity index (χ4n) is 3.52. The van der Waals surface area contributed by atoms with Crippen LogP contribution >= 0.6 is 0 Å². The summed E-state index contributed by atoms with van der Waals surface area (Å²) in [6.07, 6.45) is 6.94. The minimum atomic E-state index is 0.774. The lowest BCUT2D eigenvalue weighted by molar-refractivity contribution is 0.221. The lowest BCUT2D eigenvalue weighted by Crippen LogP contribution is -2.37. The fraction of sp³-hybridized carbons (Fsp3) is 0.478. The number of guanidine groups is 1. The predicted molar refractivity (Wildman–Crippen MR) is 116 cm³/mol. The van der Waals surface area contributed by atoms with Crippen LogP contribution in [0.3, 0.4) is 0 Å². The van der Waals surface area contributed by atoms with Gasteiger partial charge in [-0.15, -0.1) is 0 Å². The van der Waals surface area contributed by atoms with E-state index in [0.29, 0.717) is 0 Å². The molecule has 0 atom stereocenters. The normalized spacial score (nSPS) is 15.4. The number of rotatable bonds is 7. The van der Waals surface area contributed by atoms with Crippen LogP contribution in [-0.2, 0) is 19.5 Å². The number of nitrogens with zero attached hydrogens (tertiary/aromatic N) is 3. The number of hydrogen-bond donors (Lipinski definition) is 2. The molecule has 28 heavy (non-hydrogen) atoms. The third-order valence-electron chi connectivity index (χ3n) is 5.24. The summed E-state index contributed by atoms with van der Waals surface area (Å²) in [5, 5.41) is 6.77.